The molecule has 0 bridgehead atoms. The van der Waals surface area contributed by atoms with E-state index >= 15 is 0 Å². The van der Waals surface area contributed by atoms with Gasteiger partial charge in [-0.25, -0.2) is 0 Å². The van der Waals surface area contributed by atoms with Crippen LogP contribution >= 0.6 is 34.4 Å². The van der Waals surface area contributed by atoms with Crippen LogP contribution in [-0.2, 0) is 17.5 Å². The Balaban J connectivity index is 1.65. The van der Waals surface area contributed by atoms with E-state index in [0.29, 0.717) is 13.0 Å². The average molecular weight is 549 g/mol. The van der Waals surface area contributed by atoms with E-state index in [-0.39, 0.29) is 13.2 Å². The van der Waals surface area contributed by atoms with E-state index in [9.17, 15) is 10.2 Å². The Morgan fingerprint density at radius 1 is 0.871 bits per heavy atom. The quantitative estimate of drug-likeness (QED) is 0.233. The zero-order valence-corrected chi connectivity index (χ0v) is 20.3. The first-order chi connectivity index (χ1) is 15.0. The Labute approximate surface area is 202 Å². The van der Waals surface area contributed by atoms with Crippen molar-refractivity contribution in [2.75, 3.05) is 13.2 Å². The zero-order valence-electron chi connectivity index (χ0n) is 17.3. The van der Waals surface area contributed by atoms with Gasteiger partial charge in [-0.1, -0.05) is 76.8 Å². The molecule has 0 radical (unpaired) electrons. The number of aliphatic hydroxyl groups is 2. The number of alkyl halides is 1. The van der Waals surface area contributed by atoms with E-state index in [1.807, 2.05) is 30.3 Å². The number of halogens is 1. The van der Waals surface area contributed by atoms with Gasteiger partial charge in [0, 0.05) is 14.2 Å². The molecular weight excluding hydrogens is 521 g/mol. The molecule has 0 saturated carbocycles. The molecule has 0 heterocycles. The van der Waals surface area contributed by atoms with E-state index in [4.69, 9.17) is 10.5 Å². The van der Waals surface area contributed by atoms with Crippen LogP contribution in [0.25, 0.3) is 0 Å². The van der Waals surface area contributed by atoms with Crippen LogP contribution in [0.1, 0.15) is 23.1 Å². The molecule has 0 fully saturated rings. The average Bonchev–Trinajstić information content (AvgIpc) is 2.82. The molecule has 3 aromatic carbocycles. The highest BCUT2D eigenvalue weighted by atomic mass is 127. The van der Waals surface area contributed by atoms with Crippen LogP contribution in [0.2, 0.25) is 0 Å². The highest BCUT2D eigenvalue weighted by Crippen LogP contribution is 2.32. The monoisotopic (exact) mass is 549 g/mol. The van der Waals surface area contributed by atoms with Gasteiger partial charge in [-0.3, -0.25) is 0 Å². The van der Waals surface area contributed by atoms with Crippen molar-refractivity contribution in [1.29, 1.82) is 0 Å². The Morgan fingerprint density at radius 2 is 1.61 bits per heavy atom. The summed E-state index contributed by atoms with van der Waals surface area (Å²) in [6.07, 6.45) is 1.26. The number of hydrogen-bond donors (Lipinski definition) is 3. The molecule has 0 aromatic heterocycles. The lowest BCUT2D eigenvalue weighted by molar-refractivity contribution is 0.115. The predicted molar refractivity (Wildman–Crippen MR) is 135 cm³/mol. The molecule has 0 spiro atoms. The molecule has 31 heavy (non-hydrogen) atoms. The molecule has 0 saturated heterocycles. The molecule has 164 valence electrons. The van der Waals surface area contributed by atoms with Gasteiger partial charge in [0.15, 0.2) is 0 Å². The van der Waals surface area contributed by atoms with Crippen LogP contribution in [0, 0.1) is 0 Å². The van der Waals surface area contributed by atoms with Crippen LogP contribution in [0.15, 0.2) is 82.6 Å². The van der Waals surface area contributed by atoms with E-state index in [0.717, 1.165) is 27.1 Å². The number of aryl methyl sites for hydroxylation is 1. The van der Waals surface area contributed by atoms with Crippen molar-refractivity contribution in [2.45, 2.75) is 39.2 Å². The number of aliphatic hydroxyl groups excluding tert-OH is 2. The van der Waals surface area contributed by atoms with Crippen LogP contribution in [0.5, 0.6) is 5.75 Å². The topological polar surface area (TPSA) is 75.7 Å². The van der Waals surface area contributed by atoms with Gasteiger partial charge in [0.1, 0.15) is 12.4 Å². The van der Waals surface area contributed by atoms with Crippen LogP contribution in [0.3, 0.4) is 0 Å². The molecule has 6 heteroatoms. The zero-order chi connectivity index (χ0) is 22.1. The summed E-state index contributed by atoms with van der Waals surface area (Å²) in [6, 6.07) is 24.7. The molecule has 0 aliphatic rings. The molecule has 3 aromatic rings. The van der Waals surface area contributed by atoms with Gasteiger partial charge in [-0.15, -0.1) is 0 Å². The first-order valence-corrected chi connectivity index (χ1v) is 12.5. The smallest absolute Gasteiger partial charge is 0.120 e. The minimum Gasteiger partial charge on any atom is -0.489 e. The number of nitrogens with two attached hydrogens (primary N) is 1. The summed E-state index contributed by atoms with van der Waals surface area (Å²) in [5.74, 6) is 0.854. The third-order valence-electron chi connectivity index (χ3n) is 5.13. The first-order valence-electron chi connectivity index (χ1n) is 10.2. The molecule has 4 N–H and O–H groups in total. The number of rotatable bonds is 11. The minimum absolute atomic E-state index is 0.223. The SMILES string of the molecule is NC(CO)(CO)CCc1ccc(Sc2cccc(OCc3ccccc3)c2)cc1CI. The summed E-state index contributed by atoms with van der Waals surface area (Å²) < 4.78 is 6.84. The third kappa shape index (κ3) is 7.22. The molecule has 3 rings (SSSR count). The number of ether oxygens (including phenoxy) is 1. The van der Waals surface area contributed by atoms with E-state index < -0.39 is 5.54 Å². The van der Waals surface area contributed by atoms with Gasteiger partial charge in [0.25, 0.3) is 0 Å². The third-order valence-corrected chi connectivity index (χ3v) is 6.93. The molecule has 0 amide bonds. The Hall–Kier alpha value is -1.58. The van der Waals surface area contributed by atoms with Crippen LogP contribution < -0.4 is 10.5 Å². The molecule has 4 nitrogen and oxygen atoms in total. The van der Waals surface area contributed by atoms with Gasteiger partial charge in [0.05, 0.1) is 18.8 Å². The summed E-state index contributed by atoms with van der Waals surface area (Å²) in [5, 5.41) is 18.8. The maximum absolute atomic E-state index is 9.42. The molecular formula is C25H28INO3S. The minimum atomic E-state index is -0.934. The van der Waals surface area contributed by atoms with Gasteiger partial charge in [-0.05, 0) is 59.9 Å². The van der Waals surface area contributed by atoms with Crippen molar-refractivity contribution in [1.82, 2.24) is 0 Å². The highest BCUT2D eigenvalue weighted by molar-refractivity contribution is 14.1. The number of hydrogen-bond acceptors (Lipinski definition) is 5. The van der Waals surface area contributed by atoms with Crippen molar-refractivity contribution >= 4 is 34.4 Å². The van der Waals surface area contributed by atoms with Crippen molar-refractivity contribution in [3.8, 4) is 5.75 Å². The van der Waals surface area contributed by atoms with E-state index in [1.165, 1.54) is 16.0 Å². The van der Waals surface area contributed by atoms with Crippen molar-refractivity contribution in [3.05, 3.63) is 89.5 Å². The molecule has 0 atom stereocenters. The second-order valence-electron chi connectivity index (χ2n) is 7.59. The van der Waals surface area contributed by atoms with Gasteiger partial charge < -0.3 is 20.7 Å². The summed E-state index contributed by atoms with van der Waals surface area (Å²) in [6.45, 7) is 0.104. The van der Waals surface area contributed by atoms with Crippen molar-refractivity contribution in [2.24, 2.45) is 5.73 Å². The van der Waals surface area contributed by atoms with E-state index in [2.05, 4.69) is 65.1 Å². The van der Waals surface area contributed by atoms with Crippen LogP contribution in [0.4, 0.5) is 0 Å². The Kier molecular flexibility index (Phi) is 9.22. The molecule has 0 aliphatic heterocycles. The first kappa shape index (κ1) is 24.1. The van der Waals surface area contributed by atoms with E-state index in [1.54, 1.807) is 11.8 Å². The summed E-state index contributed by atoms with van der Waals surface area (Å²) in [5.41, 5.74) is 8.69. The lowest BCUT2D eigenvalue weighted by atomic mass is 9.92. The highest BCUT2D eigenvalue weighted by Gasteiger charge is 2.23. The standard InChI is InChI=1S/C25H28INO3S/c26-15-21-13-24(10-9-20(21)11-12-25(27,17-28)18-29)31-23-8-4-7-22(14-23)30-16-19-5-2-1-3-6-19/h1-10,13-14,28-29H,11-12,15-18,27H2. The number of benzene rings is 3. The summed E-state index contributed by atoms with van der Waals surface area (Å²) in [4.78, 5) is 2.29. The summed E-state index contributed by atoms with van der Waals surface area (Å²) in [7, 11) is 0. The van der Waals surface area contributed by atoms with Crippen LogP contribution in [-0.4, -0.2) is 29.0 Å². The van der Waals surface area contributed by atoms with Gasteiger partial charge in [0.2, 0.25) is 0 Å². The van der Waals surface area contributed by atoms with Gasteiger partial charge in [-0.2, -0.15) is 0 Å². The predicted octanol–water partition coefficient (Wildman–Crippen LogP) is 4.97. The Bertz CT molecular complexity index is 964. The lowest BCUT2D eigenvalue weighted by Crippen LogP contribution is -2.47. The van der Waals surface area contributed by atoms with Crippen molar-refractivity contribution < 1.29 is 14.9 Å². The van der Waals surface area contributed by atoms with Gasteiger partial charge >= 0.3 is 0 Å². The fraction of sp³-hybridized carbons (Fsp3) is 0.280. The lowest BCUT2D eigenvalue weighted by Gasteiger charge is -2.25. The maximum Gasteiger partial charge on any atom is 0.120 e. The Morgan fingerprint density at radius 3 is 2.32 bits per heavy atom. The second kappa shape index (κ2) is 11.9. The fourth-order valence-electron chi connectivity index (χ4n) is 3.13. The largest absolute Gasteiger partial charge is 0.489 e. The molecule has 0 aliphatic carbocycles. The normalized spacial score (nSPS) is 11.5. The summed E-state index contributed by atoms with van der Waals surface area (Å²) >= 11 is 4.07. The van der Waals surface area contributed by atoms with Crippen molar-refractivity contribution in [3.63, 3.8) is 0 Å². The maximum atomic E-state index is 9.42. The fourth-order valence-corrected chi connectivity index (χ4v) is 4.77. The molecule has 0 unspecified atom stereocenters. The second-order valence-corrected chi connectivity index (χ2v) is 9.50.